The van der Waals surface area contributed by atoms with E-state index < -0.39 is 11.6 Å². The molecule has 0 aromatic heterocycles. The first-order valence-electron chi connectivity index (χ1n) is 4.56. The zero-order valence-corrected chi connectivity index (χ0v) is 10.1. The van der Waals surface area contributed by atoms with Crippen LogP contribution in [0, 0.1) is 11.6 Å². The largest absolute Gasteiger partial charge is 0.353 e. The fraction of sp³-hybridized carbons (Fsp3) is 0.182. The molecule has 0 atom stereocenters. The predicted molar refractivity (Wildman–Crippen MR) is 61.8 cm³/mol. The first kappa shape index (κ1) is 12.8. The minimum Gasteiger partial charge on any atom is -0.353 e. The van der Waals surface area contributed by atoms with Gasteiger partial charge in [0, 0.05) is 23.5 Å². The minimum atomic E-state index is -0.647. The fourth-order valence-corrected chi connectivity index (χ4v) is 1.49. The van der Waals surface area contributed by atoms with Crippen molar-refractivity contribution < 1.29 is 13.6 Å². The Labute approximate surface area is 100 Å². The highest BCUT2D eigenvalue weighted by atomic mass is 79.9. The molecule has 0 aliphatic rings. The minimum absolute atomic E-state index is 0.117. The fourth-order valence-electron chi connectivity index (χ4n) is 1.09. The summed E-state index contributed by atoms with van der Waals surface area (Å²) in [5, 5.41) is 2.49. The number of amides is 1. The molecule has 0 aliphatic heterocycles. The van der Waals surface area contributed by atoms with E-state index in [9.17, 15) is 13.6 Å². The number of halogens is 3. The smallest absolute Gasteiger partial charge is 0.217 e. The van der Waals surface area contributed by atoms with E-state index in [1.807, 2.05) is 0 Å². The molecule has 0 saturated heterocycles. The molecule has 1 rings (SSSR count). The SMILES string of the molecule is CC(=O)NCC=Cc1c(F)cc(Br)cc1F. The van der Waals surface area contributed by atoms with Crippen LogP contribution in [0.3, 0.4) is 0 Å². The lowest BCUT2D eigenvalue weighted by Gasteiger charge is -2.00. The van der Waals surface area contributed by atoms with Crippen LogP contribution in [0.4, 0.5) is 8.78 Å². The molecule has 5 heteroatoms. The third-order valence-corrected chi connectivity index (χ3v) is 2.26. The zero-order valence-electron chi connectivity index (χ0n) is 8.56. The molecule has 2 nitrogen and oxygen atoms in total. The molecule has 1 aromatic carbocycles. The molecule has 0 unspecified atom stereocenters. The Morgan fingerprint density at radius 3 is 2.50 bits per heavy atom. The Morgan fingerprint density at radius 2 is 2.00 bits per heavy atom. The van der Waals surface area contributed by atoms with E-state index in [0.29, 0.717) is 4.47 Å². The summed E-state index contributed by atoms with van der Waals surface area (Å²) in [6, 6.07) is 2.36. The second kappa shape index (κ2) is 5.75. The number of benzene rings is 1. The molecule has 0 fully saturated rings. The second-order valence-corrected chi connectivity index (χ2v) is 4.04. The second-order valence-electron chi connectivity index (χ2n) is 3.12. The van der Waals surface area contributed by atoms with Gasteiger partial charge in [-0.25, -0.2) is 8.78 Å². The van der Waals surface area contributed by atoms with Gasteiger partial charge in [0.05, 0.1) is 0 Å². The van der Waals surface area contributed by atoms with Crippen LogP contribution in [0.15, 0.2) is 22.7 Å². The van der Waals surface area contributed by atoms with Crippen LogP contribution in [0.5, 0.6) is 0 Å². The lowest BCUT2D eigenvalue weighted by molar-refractivity contribution is -0.118. The van der Waals surface area contributed by atoms with Gasteiger partial charge in [0.2, 0.25) is 5.91 Å². The highest BCUT2D eigenvalue weighted by Crippen LogP contribution is 2.20. The maximum atomic E-state index is 13.3. The maximum Gasteiger partial charge on any atom is 0.217 e. The molecule has 1 amide bonds. The number of hydrogen-bond donors (Lipinski definition) is 1. The van der Waals surface area contributed by atoms with Crippen molar-refractivity contribution in [2.45, 2.75) is 6.92 Å². The van der Waals surface area contributed by atoms with E-state index in [4.69, 9.17) is 0 Å². The van der Waals surface area contributed by atoms with Crippen molar-refractivity contribution >= 4 is 27.9 Å². The van der Waals surface area contributed by atoms with Gasteiger partial charge < -0.3 is 5.32 Å². The summed E-state index contributed by atoms with van der Waals surface area (Å²) in [6.07, 6.45) is 2.78. The molecule has 16 heavy (non-hydrogen) atoms. The van der Waals surface area contributed by atoms with Gasteiger partial charge in [-0.1, -0.05) is 28.1 Å². The molecule has 1 aromatic rings. The summed E-state index contributed by atoms with van der Waals surface area (Å²) in [4.78, 5) is 10.5. The molecule has 0 radical (unpaired) electrons. The molecule has 0 spiro atoms. The van der Waals surface area contributed by atoms with Gasteiger partial charge in [-0.3, -0.25) is 4.79 Å². The Balaban J connectivity index is 2.77. The van der Waals surface area contributed by atoms with Crippen LogP contribution < -0.4 is 5.32 Å². The van der Waals surface area contributed by atoms with Gasteiger partial charge in [-0.2, -0.15) is 0 Å². The Morgan fingerprint density at radius 1 is 1.44 bits per heavy atom. The summed E-state index contributed by atoms with van der Waals surface area (Å²) in [5.41, 5.74) is -0.117. The molecule has 86 valence electrons. The molecule has 1 N–H and O–H groups in total. The van der Waals surface area contributed by atoms with Gasteiger partial charge in [-0.05, 0) is 12.1 Å². The summed E-state index contributed by atoms with van der Waals surface area (Å²) in [7, 11) is 0. The number of nitrogens with one attached hydrogen (secondary N) is 1. The van der Waals surface area contributed by atoms with E-state index in [-0.39, 0.29) is 18.0 Å². The van der Waals surface area contributed by atoms with Crippen molar-refractivity contribution in [3.63, 3.8) is 0 Å². The molecule has 0 saturated carbocycles. The Hall–Kier alpha value is -1.23. The highest BCUT2D eigenvalue weighted by molar-refractivity contribution is 9.10. The lowest BCUT2D eigenvalue weighted by Crippen LogP contribution is -2.19. The van der Waals surface area contributed by atoms with Crippen molar-refractivity contribution in [1.82, 2.24) is 5.32 Å². The van der Waals surface area contributed by atoms with E-state index in [1.54, 1.807) is 0 Å². The third-order valence-electron chi connectivity index (χ3n) is 1.80. The predicted octanol–water partition coefficient (Wildman–Crippen LogP) is 2.88. The topological polar surface area (TPSA) is 29.1 Å². The van der Waals surface area contributed by atoms with E-state index >= 15 is 0 Å². The van der Waals surface area contributed by atoms with Crippen LogP contribution in [0.25, 0.3) is 6.08 Å². The number of carbonyl (C=O) groups excluding carboxylic acids is 1. The Bertz CT molecular complexity index is 409. The first-order valence-corrected chi connectivity index (χ1v) is 5.35. The standard InChI is InChI=1S/C11H10BrF2NO/c1-7(16)15-4-2-3-9-10(13)5-8(12)6-11(9)14/h2-3,5-6H,4H2,1H3,(H,15,16). The van der Waals surface area contributed by atoms with Gasteiger partial charge in [0.1, 0.15) is 11.6 Å². The van der Waals surface area contributed by atoms with Crippen molar-refractivity contribution in [2.75, 3.05) is 6.54 Å². The van der Waals surface area contributed by atoms with Crippen molar-refractivity contribution in [3.05, 3.63) is 39.9 Å². The van der Waals surface area contributed by atoms with Crippen LogP contribution >= 0.6 is 15.9 Å². The zero-order chi connectivity index (χ0) is 12.1. The quantitative estimate of drug-likeness (QED) is 0.911. The van der Waals surface area contributed by atoms with Gasteiger partial charge >= 0.3 is 0 Å². The molecule has 0 heterocycles. The van der Waals surface area contributed by atoms with Crippen LogP contribution in [0.1, 0.15) is 12.5 Å². The van der Waals surface area contributed by atoms with Gasteiger partial charge in [-0.15, -0.1) is 0 Å². The van der Waals surface area contributed by atoms with Crippen molar-refractivity contribution in [3.8, 4) is 0 Å². The van der Waals surface area contributed by atoms with E-state index in [1.165, 1.54) is 31.2 Å². The first-order chi connectivity index (χ1) is 7.50. The number of rotatable bonds is 3. The van der Waals surface area contributed by atoms with Gasteiger partial charge in [0.15, 0.2) is 0 Å². The highest BCUT2D eigenvalue weighted by Gasteiger charge is 2.06. The molecule has 0 bridgehead atoms. The summed E-state index contributed by atoms with van der Waals surface area (Å²) >= 11 is 2.99. The van der Waals surface area contributed by atoms with Crippen LogP contribution in [0.2, 0.25) is 0 Å². The normalized spacial score (nSPS) is 10.8. The molecular formula is C11H10BrF2NO. The summed E-state index contributed by atoms with van der Waals surface area (Å²) in [6.45, 7) is 1.61. The number of hydrogen-bond acceptors (Lipinski definition) is 1. The Kier molecular flexibility index (Phi) is 4.61. The lowest BCUT2D eigenvalue weighted by atomic mass is 10.2. The number of carbonyl (C=O) groups is 1. The summed E-state index contributed by atoms with van der Waals surface area (Å²) in [5.74, 6) is -1.49. The van der Waals surface area contributed by atoms with E-state index in [0.717, 1.165) is 0 Å². The monoisotopic (exact) mass is 289 g/mol. The van der Waals surface area contributed by atoms with E-state index in [2.05, 4.69) is 21.2 Å². The average molecular weight is 290 g/mol. The summed E-state index contributed by atoms with van der Waals surface area (Å²) < 4.78 is 26.9. The van der Waals surface area contributed by atoms with Crippen LogP contribution in [-0.2, 0) is 4.79 Å². The van der Waals surface area contributed by atoms with Crippen molar-refractivity contribution in [2.24, 2.45) is 0 Å². The average Bonchev–Trinajstić information content (AvgIpc) is 2.14. The molecule has 0 aliphatic carbocycles. The molecular weight excluding hydrogens is 280 g/mol. The third kappa shape index (κ3) is 3.73. The van der Waals surface area contributed by atoms with Crippen molar-refractivity contribution in [1.29, 1.82) is 0 Å². The maximum absolute atomic E-state index is 13.3. The van der Waals surface area contributed by atoms with Gasteiger partial charge in [0.25, 0.3) is 0 Å². The van der Waals surface area contributed by atoms with Crippen LogP contribution in [-0.4, -0.2) is 12.5 Å².